The highest BCUT2D eigenvalue weighted by molar-refractivity contribution is 5.94. The lowest BCUT2D eigenvalue weighted by atomic mass is 10.2. The summed E-state index contributed by atoms with van der Waals surface area (Å²) in [4.78, 5) is 11.5. The van der Waals surface area contributed by atoms with Gasteiger partial charge in [-0.2, -0.15) is 0 Å². The van der Waals surface area contributed by atoms with Crippen LogP contribution in [0.4, 0.5) is 0 Å². The van der Waals surface area contributed by atoms with E-state index in [4.69, 9.17) is 5.73 Å². The van der Waals surface area contributed by atoms with Gasteiger partial charge in [0, 0.05) is 5.56 Å². The largest absolute Gasteiger partial charge is 0.337 e. The first-order valence-electron chi connectivity index (χ1n) is 4.85. The maximum atomic E-state index is 11.5. The van der Waals surface area contributed by atoms with Crippen LogP contribution in [-0.2, 0) is 0 Å². The van der Waals surface area contributed by atoms with Crippen LogP contribution >= 0.6 is 0 Å². The highest BCUT2D eigenvalue weighted by Crippen LogP contribution is 1.99. The summed E-state index contributed by atoms with van der Waals surface area (Å²) in [7, 11) is 0. The van der Waals surface area contributed by atoms with E-state index in [1.165, 1.54) is 0 Å². The van der Waals surface area contributed by atoms with Crippen molar-refractivity contribution in [2.75, 3.05) is 0 Å². The summed E-state index contributed by atoms with van der Waals surface area (Å²) in [5.74, 6) is -0.105. The number of nitrogens with one attached hydrogen (secondary N) is 1. The predicted octanol–water partition coefficient (Wildman–Crippen LogP) is 1.50. The minimum atomic E-state index is -0.243. The zero-order valence-corrected chi connectivity index (χ0v) is 8.36. The van der Waals surface area contributed by atoms with Crippen molar-refractivity contribution in [2.45, 2.75) is 25.9 Å². The molecule has 3 nitrogen and oxygen atoms in total. The van der Waals surface area contributed by atoms with E-state index in [-0.39, 0.29) is 12.1 Å². The number of rotatable bonds is 4. The van der Waals surface area contributed by atoms with Gasteiger partial charge in [-0.05, 0) is 18.6 Å². The first-order valence-corrected chi connectivity index (χ1v) is 4.85. The molecule has 0 bridgehead atoms. The van der Waals surface area contributed by atoms with Crippen molar-refractivity contribution in [3.05, 3.63) is 35.9 Å². The molecule has 0 heterocycles. The van der Waals surface area contributed by atoms with Gasteiger partial charge in [-0.3, -0.25) is 4.79 Å². The Bertz CT molecular complexity index is 285. The van der Waals surface area contributed by atoms with Crippen molar-refractivity contribution < 1.29 is 4.79 Å². The molecule has 0 aliphatic carbocycles. The molecule has 0 radical (unpaired) electrons. The maximum Gasteiger partial charge on any atom is 0.252 e. The molecule has 0 spiro atoms. The van der Waals surface area contributed by atoms with Crippen molar-refractivity contribution in [3.63, 3.8) is 0 Å². The average Bonchev–Trinajstić information content (AvgIpc) is 2.19. The van der Waals surface area contributed by atoms with Crippen LogP contribution in [0.3, 0.4) is 0 Å². The third-order valence-electron chi connectivity index (χ3n) is 1.95. The molecular weight excluding hydrogens is 176 g/mol. The topological polar surface area (TPSA) is 55.1 Å². The monoisotopic (exact) mass is 192 g/mol. The molecular formula is C11H16N2O. The van der Waals surface area contributed by atoms with Crippen LogP contribution in [0, 0.1) is 0 Å². The molecule has 1 atom stereocenters. The lowest BCUT2D eigenvalue weighted by molar-refractivity contribution is 0.0936. The number of benzene rings is 1. The van der Waals surface area contributed by atoms with Gasteiger partial charge in [-0.25, -0.2) is 0 Å². The quantitative estimate of drug-likeness (QED) is 0.710. The van der Waals surface area contributed by atoms with Gasteiger partial charge >= 0.3 is 0 Å². The molecule has 0 aliphatic heterocycles. The molecule has 1 aromatic rings. The van der Waals surface area contributed by atoms with Gasteiger partial charge in [-0.15, -0.1) is 0 Å². The minimum absolute atomic E-state index is 0.105. The molecule has 3 heteroatoms. The Morgan fingerprint density at radius 3 is 2.64 bits per heavy atom. The first-order chi connectivity index (χ1) is 6.74. The number of amides is 1. The maximum absolute atomic E-state index is 11.5. The SMILES string of the molecule is CCCC(N)NC(=O)c1ccccc1. The molecule has 1 unspecified atom stereocenters. The van der Waals surface area contributed by atoms with Gasteiger partial charge < -0.3 is 11.1 Å². The summed E-state index contributed by atoms with van der Waals surface area (Å²) < 4.78 is 0. The fourth-order valence-corrected chi connectivity index (χ4v) is 1.22. The normalized spacial score (nSPS) is 12.1. The number of hydrogen-bond donors (Lipinski definition) is 2. The molecule has 0 fully saturated rings. The van der Waals surface area contributed by atoms with Crippen LogP contribution in [-0.4, -0.2) is 12.1 Å². The van der Waals surface area contributed by atoms with Crippen molar-refractivity contribution in [1.29, 1.82) is 0 Å². The Balaban J connectivity index is 2.51. The average molecular weight is 192 g/mol. The summed E-state index contributed by atoms with van der Waals surface area (Å²) in [6.45, 7) is 2.04. The zero-order valence-electron chi connectivity index (χ0n) is 8.36. The van der Waals surface area contributed by atoms with Gasteiger partial charge in [-0.1, -0.05) is 31.5 Å². The first kappa shape index (κ1) is 10.7. The van der Waals surface area contributed by atoms with Crippen LogP contribution < -0.4 is 11.1 Å². The van der Waals surface area contributed by atoms with E-state index in [1.54, 1.807) is 12.1 Å². The molecule has 76 valence electrons. The second kappa shape index (κ2) is 5.40. The molecule has 1 rings (SSSR count). The summed E-state index contributed by atoms with van der Waals surface area (Å²) in [6.07, 6.45) is 1.53. The van der Waals surface area contributed by atoms with Gasteiger partial charge in [0.1, 0.15) is 0 Å². The van der Waals surface area contributed by atoms with E-state index in [2.05, 4.69) is 5.32 Å². The molecule has 0 saturated carbocycles. The third-order valence-corrected chi connectivity index (χ3v) is 1.95. The van der Waals surface area contributed by atoms with Gasteiger partial charge in [0.25, 0.3) is 5.91 Å². The van der Waals surface area contributed by atoms with E-state index >= 15 is 0 Å². The third kappa shape index (κ3) is 3.18. The van der Waals surface area contributed by atoms with Crippen LogP contribution in [0.2, 0.25) is 0 Å². The Morgan fingerprint density at radius 1 is 1.43 bits per heavy atom. The summed E-state index contributed by atoms with van der Waals surface area (Å²) in [5, 5.41) is 2.74. The molecule has 1 aromatic carbocycles. The van der Waals surface area contributed by atoms with Crippen molar-refractivity contribution in [2.24, 2.45) is 5.73 Å². The van der Waals surface area contributed by atoms with Gasteiger partial charge in [0.15, 0.2) is 0 Å². The molecule has 0 aromatic heterocycles. The molecule has 0 saturated heterocycles. The second-order valence-electron chi connectivity index (χ2n) is 3.23. The van der Waals surface area contributed by atoms with E-state index in [0.717, 1.165) is 12.8 Å². The predicted molar refractivity (Wildman–Crippen MR) is 56.8 cm³/mol. The summed E-state index contributed by atoms with van der Waals surface area (Å²) in [6, 6.07) is 9.09. The number of hydrogen-bond acceptors (Lipinski definition) is 2. The number of nitrogens with two attached hydrogens (primary N) is 1. The van der Waals surface area contributed by atoms with Crippen molar-refractivity contribution >= 4 is 5.91 Å². The van der Waals surface area contributed by atoms with Crippen LogP contribution in [0.15, 0.2) is 30.3 Å². The Labute approximate surface area is 84.3 Å². The van der Waals surface area contributed by atoms with Gasteiger partial charge in [0.2, 0.25) is 0 Å². The van der Waals surface area contributed by atoms with Gasteiger partial charge in [0.05, 0.1) is 6.17 Å². The lowest BCUT2D eigenvalue weighted by Crippen LogP contribution is -2.41. The molecule has 14 heavy (non-hydrogen) atoms. The van der Waals surface area contributed by atoms with E-state index < -0.39 is 0 Å². The molecule has 0 aliphatic rings. The van der Waals surface area contributed by atoms with E-state index in [9.17, 15) is 4.79 Å². The molecule has 1 amide bonds. The number of carbonyl (C=O) groups is 1. The zero-order chi connectivity index (χ0) is 10.4. The van der Waals surface area contributed by atoms with E-state index in [0.29, 0.717) is 5.56 Å². The fourth-order valence-electron chi connectivity index (χ4n) is 1.22. The minimum Gasteiger partial charge on any atom is -0.337 e. The Morgan fingerprint density at radius 2 is 2.07 bits per heavy atom. The summed E-state index contributed by atoms with van der Waals surface area (Å²) >= 11 is 0. The summed E-state index contributed by atoms with van der Waals surface area (Å²) in [5.41, 5.74) is 6.34. The van der Waals surface area contributed by atoms with Crippen molar-refractivity contribution in [3.8, 4) is 0 Å². The van der Waals surface area contributed by atoms with Crippen molar-refractivity contribution in [1.82, 2.24) is 5.32 Å². The second-order valence-corrected chi connectivity index (χ2v) is 3.23. The standard InChI is InChI=1S/C11H16N2O/c1-2-6-10(12)13-11(14)9-7-4-3-5-8-9/h3-5,7-8,10H,2,6,12H2,1H3,(H,13,14). The number of carbonyl (C=O) groups excluding carboxylic acids is 1. The smallest absolute Gasteiger partial charge is 0.252 e. The van der Waals surface area contributed by atoms with Crippen LogP contribution in [0.5, 0.6) is 0 Å². The highest BCUT2D eigenvalue weighted by atomic mass is 16.1. The Kier molecular flexibility index (Phi) is 4.13. The Hall–Kier alpha value is -1.35. The lowest BCUT2D eigenvalue weighted by Gasteiger charge is -2.12. The molecule has 3 N–H and O–H groups in total. The van der Waals surface area contributed by atoms with Crippen LogP contribution in [0.25, 0.3) is 0 Å². The van der Waals surface area contributed by atoms with Crippen LogP contribution in [0.1, 0.15) is 30.1 Å². The van der Waals surface area contributed by atoms with E-state index in [1.807, 2.05) is 25.1 Å². The highest BCUT2D eigenvalue weighted by Gasteiger charge is 2.07. The fraction of sp³-hybridized carbons (Fsp3) is 0.364.